The van der Waals surface area contributed by atoms with Crippen LogP contribution in [0.3, 0.4) is 0 Å². The topological polar surface area (TPSA) is 50.7 Å². The van der Waals surface area contributed by atoms with Crippen molar-refractivity contribution < 1.29 is 13.2 Å². The molecule has 0 amide bonds. The first-order valence-electron chi connectivity index (χ1n) is 7.73. The van der Waals surface area contributed by atoms with Crippen LogP contribution in [0.4, 0.5) is 19.0 Å². The minimum atomic E-state index is -4.46. The van der Waals surface area contributed by atoms with Crippen LogP contribution in [0.15, 0.2) is 59.9 Å². The summed E-state index contributed by atoms with van der Waals surface area (Å²) in [7, 11) is 1.72. The van der Waals surface area contributed by atoms with Gasteiger partial charge >= 0.3 is 6.18 Å². The van der Waals surface area contributed by atoms with Crippen LogP contribution < -0.4 is 5.32 Å². The van der Waals surface area contributed by atoms with Crippen LogP contribution >= 0.6 is 24.2 Å². The number of hydrogen-bond donors (Lipinski definition) is 1. The summed E-state index contributed by atoms with van der Waals surface area (Å²) in [5.74, 6) is 1.28. The predicted molar refractivity (Wildman–Crippen MR) is 103 cm³/mol. The molecule has 142 valence electrons. The summed E-state index contributed by atoms with van der Waals surface area (Å²) in [6, 6.07) is 13.9. The van der Waals surface area contributed by atoms with Crippen LogP contribution in [0.25, 0.3) is 11.3 Å². The van der Waals surface area contributed by atoms with Gasteiger partial charge in [-0.3, -0.25) is 4.98 Å². The van der Waals surface area contributed by atoms with Gasteiger partial charge in [0, 0.05) is 30.6 Å². The number of nitrogens with one attached hydrogen (secondary N) is 1. The molecule has 0 saturated heterocycles. The van der Waals surface area contributed by atoms with E-state index < -0.39 is 11.9 Å². The van der Waals surface area contributed by atoms with Crippen molar-refractivity contribution in [2.45, 2.75) is 17.1 Å². The van der Waals surface area contributed by atoms with Gasteiger partial charge in [-0.2, -0.15) is 13.2 Å². The summed E-state index contributed by atoms with van der Waals surface area (Å²) in [5.41, 5.74) is 1.22. The van der Waals surface area contributed by atoms with E-state index in [9.17, 15) is 13.2 Å². The molecule has 0 saturated carbocycles. The van der Waals surface area contributed by atoms with Crippen LogP contribution in [0.2, 0.25) is 0 Å². The molecular weight excluding hydrogens is 397 g/mol. The van der Waals surface area contributed by atoms with Crippen molar-refractivity contribution >= 4 is 30.0 Å². The van der Waals surface area contributed by atoms with Crippen molar-refractivity contribution in [2.24, 2.45) is 0 Å². The Balaban J connectivity index is 0.00000261. The van der Waals surface area contributed by atoms with Crippen molar-refractivity contribution in [3.8, 4) is 11.3 Å². The third-order valence-corrected chi connectivity index (χ3v) is 4.44. The van der Waals surface area contributed by atoms with E-state index in [0.29, 0.717) is 28.0 Å². The van der Waals surface area contributed by atoms with Gasteiger partial charge in [0.2, 0.25) is 0 Å². The number of aromatic nitrogens is 3. The van der Waals surface area contributed by atoms with Gasteiger partial charge < -0.3 is 5.32 Å². The van der Waals surface area contributed by atoms with E-state index in [2.05, 4.69) is 20.3 Å². The van der Waals surface area contributed by atoms with E-state index in [1.54, 1.807) is 13.1 Å². The summed E-state index contributed by atoms with van der Waals surface area (Å²) in [5, 5.41) is 3.48. The van der Waals surface area contributed by atoms with E-state index in [1.807, 2.05) is 30.3 Å². The highest BCUT2D eigenvalue weighted by Crippen LogP contribution is 2.30. The Morgan fingerprint density at radius 3 is 2.37 bits per heavy atom. The Hall–Kier alpha value is -2.32. The molecule has 0 radical (unpaired) electrons. The molecule has 2 aromatic heterocycles. The molecule has 0 aliphatic heterocycles. The molecule has 0 unspecified atom stereocenters. The summed E-state index contributed by atoms with van der Waals surface area (Å²) in [4.78, 5) is 12.3. The third-order valence-electron chi connectivity index (χ3n) is 3.52. The normalized spacial score (nSPS) is 11.0. The number of benzene rings is 1. The predicted octanol–water partition coefficient (Wildman–Crippen LogP) is 5.31. The first kappa shape index (κ1) is 21.0. The van der Waals surface area contributed by atoms with Crippen LogP contribution in [0, 0.1) is 0 Å². The zero-order valence-corrected chi connectivity index (χ0v) is 15.8. The van der Waals surface area contributed by atoms with Crippen molar-refractivity contribution in [2.75, 3.05) is 12.4 Å². The molecule has 27 heavy (non-hydrogen) atoms. The van der Waals surface area contributed by atoms with E-state index in [-0.39, 0.29) is 12.4 Å². The molecule has 1 aromatic carbocycles. The molecule has 1 N–H and O–H groups in total. The van der Waals surface area contributed by atoms with Crippen LogP contribution in [-0.4, -0.2) is 22.0 Å². The Kier molecular flexibility index (Phi) is 7.04. The van der Waals surface area contributed by atoms with Crippen LogP contribution in [-0.2, 0) is 11.9 Å². The number of thioether (sulfide) groups is 1. The first-order chi connectivity index (χ1) is 12.5. The first-order valence-corrected chi connectivity index (χ1v) is 8.71. The second-order valence-corrected chi connectivity index (χ2v) is 6.32. The monoisotopic (exact) mass is 412 g/mol. The minimum absolute atomic E-state index is 0. The lowest BCUT2D eigenvalue weighted by molar-refractivity contribution is -0.141. The maximum absolute atomic E-state index is 12.7. The minimum Gasteiger partial charge on any atom is -0.373 e. The lowest BCUT2D eigenvalue weighted by atomic mass is 10.2. The summed E-state index contributed by atoms with van der Waals surface area (Å²) in [6.45, 7) is 0. The molecule has 0 spiro atoms. The van der Waals surface area contributed by atoms with E-state index >= 15 is 0 Å². The van der Waals surface area contributed by atoms with Crippen molar-refractivity contribution in [3.63, 3.8) is 0 Å². The average Bonchev–Trinajstić information content (AvgIpc) is 2.66. The molecule has 4 nitrogen and oxygen atoms in total. The Labute approximate surface area is 165 Å². The fourth-order valence-electron chi connectivity index (χ4n) is 2.20. The number of alkyl halides is 3. The van der Waals surface area contributed by atoms with Gasteiger partial charge in [0.05, 0.1) is 5.69 Å². The highest BCUT2D eigenvalue weighted by molar-refractivity contribution is 7.98. The maximum Gasteiger partial charge on any atom is 0.433 e. The Bertz CT molecular complexity index is 874. The van der Waals surface area contributed by atoms with Crippen LogP contribution in [0.1, 0.15) is 11.3 Å². The SMILES string of the molecule is CNc1cc(-c2ccc(C(F)(F)F)nc2)nc(SCc2ccccc2)n1.Cl. The third kappa shape index (κ3) is 5.58. The molecule has 0 aliphatic rings. The Morgan fingerprint density at radius 1 is 1.04 bits per heavy atom. The summed E-state index contributed by atoms with van der Waals surface area (Å²) >= 11 is 1.46. The zero-order valence-electron chi connectivity index (χ0n) is 14.2. The van der Waals surface area contributed by atoms with E-state index in [4.69, 9.17) is 0 Å². The standard InChI is InChI=1S/C18H15F3N4S.ClH/c1-22-16-9-14(13-7-8-15(23-10-13)18(19,20)21)24-17(25-16)26-11-12-5-3-2-4-6-12;/h2-10H,11H2,1H3,(H,22,24,25);1H. The van der Waals surface area contributed by atoms with E-state index in [1.165, 1.54) is 24.0 Å². The van der Waals surface area contributed by atoms with Crippen LogP contribution in [0.5, 0.6) is 0 Å². The number of hydrogen-bond acceptors (Lipinski definition) is 5. The number of halogens is 4. The van der Waals surface area contributed by atoms with E-state index in [0.717, 1.165) is 11.6 Å². The molecule has 0 atom stereocenters. The van der Waals surface area contributed by atoms with Gasteiger partial charge in [0.1, 0.15) is 11.5 Å². The van der Waals surface area contributed by atoms with Gasteiger partial charge in [-0.15, -0.1) is 12.4 Å². The summed E-state index contributed by atoms with van der Waals surface area (Å²) < 4.78 is 38.0. The molecule has 3 rings (SSSR count). The molecule has 2 heterocycles. The molecule has 0 aliphatic carbocycles. The molecule has 0 fully saturated rings. The molecule has 0 bridgehead atoms. The highest BCUT2D eigenvalue weighted by Gasteiger charge is 2.32. The summed E-state index contributed by atoms with van der Waals surface area (Å²) in [6.07, 6.45) is -3.28. The lowest BCUT2D eigenvalue weighted by Crippen LogP contribution is -2.07. The van der Waals surface area contributed by atoms with Gasteiger partial charge in [-0.05, 0) is 17.7 Å². The number of nitrogens with zero attached hydrogens (tertiary/aromatic N) is 3. The smallest absolute Gasteiger partial charge is 0.373 e. The second kappa shape index (κ2) is 9.05. The van der Waals surface area contributed by atoms with Gasteiger partial charge in [-0.25, -0.2) is 9.97 Å². The second-order valence-electron chi connectivity index (χ2n) is 5.38. The quantitative estimate of drug-likeness (QED) is 0.454. The van der Waals surface area contributed by atoms with Crippen molar-refractivity contribution in [1.82, 2.24) is 15.0 Å². The highest BCUT2D eigenvalue weighted by atomic mass is 35.5. The maximum atomic E-state index is 12.7. The Morgan fingerprint density at radius 2 is 1.78 bits per heavy atom. The van der Waals surface area contributed by atoms with Gasteiger partial charge in [-0.1, -0.05) is 42.1 Å². The van der Waals surface area contributed by atoms with Gasteiger partial charge in [0.25, 0.3) is 0 Å². The number of rotatable bonds is 5. The fraction of sp³-hybridized carbons (Fsp3) is 0.167. The molecular formula is C18H16ClF3N4S. The van der Waals surface area contributed by atoms with Crippen molar-refractivity contribution in [3.05, 3.63) is 66.0 Å². The lowest BCUT2D eigenvalue weighted by Gasteiger charge is -2.09. The average molecular weight is 413 g/mol. The largest absolute Gasteiger partial charge is 0.433 e. The van der Waals surface area contributed by atoms with Gasteiger partial charge in [0.15, 0.2) is 5.16 Å². The van der Waals surface area contributed by atoms with Crippen molar-refractivity contribution in [1.29, 1.82) is 0 Å². The molecule has 3 aromatic rings. The molecule has 9 heteroatoms. The zero-order chi connectivity index (χ0) is 18.6. The number of anilines is 1. The fourth-order valence-corrected chi connectivity index (χ4v) is 3.01. The number of pyridine rings is 1.